The Morgan fingerprint density at radius 3 is 1.85 bits per heavy atom. The Hall–Kier alpha value is -6.68. The van der Waals surface area contributed by atoms with Gasteiger partial charge in [0.1, 0.15) is 11.2 Å². The molecule has 54 heavy (non-hydrogen) atoms. The molecule has 1 unspecified atom stereocenters. The van der Waals surface area contributed by atoms with Crippen LogP contribution in [0.5, 0.6) is 0 Å². The summed E-state index contributed by atoms with van der Waals surface area (Å²) in [6.45, 7) is 0. The number of fused-ring (bicyclic) bond motifs is 15. The highest BCUT2D eigenvalue weighted by Crippen LogP contribution is 2.66. The molecule has 0 saturated carbocycles. The van der Waals surface area contributed by atoms with Crippen LogP contribution in [0.1, 0.15) is 21.6 Å². The molecule has 0 fully saturated rings. The summed E-state index contributed by atoms with van der Waals surface area (Å²) in [7, 11) is 0. The van der Waals surface area contributed by atoms with Crippen LogP contribution in [0.2, 0.25) is 0 Å². The summed E-state index contributed by atoms with van der Waals surface area (Å²) in [5.74, 6) is 0. The van der Waals surface area contributed by atoms with Gasteiger partial charge in [-0.3, -0.25) is 0 Å². The van der Waals surface area contributed by atoms with Crippen LogP contribution in [0.15, 0.2) is 192 Å². The fraction of sp³-hybridized carbons (Fsp3) is 0.0196. The largest absolute Gasteiger partial charge is 0.456 e. The van der Waals surface area contributed by atoms with Crippen molar-refractivity contribution in [1.29, 1.82) is 0 Å². The average Bonchev–Trinajstić information content (AvgIpc) is 3.96. The lowest BCUT2D eigenvalue weighted by molar-refractivity contribution is 0.669. The summed E-state index contributed by atoms with van der Waals surface area (Å²) in [6, 6.07) is 68.8. The van der Waals surface area contributed by atoms with E-state index in [9.17, 15) is 0 Å². The van der Waals surface area contributed by atoms with Gasteiger partial charge in [0.2, 0.25) is 0 Å². The minimum atomic E-state index is -0.425. The van der Waals surface area contributed by atoms with Crippen molar-refractivity contribution in [2.45, 2.75) is 5.41 Å². The molecule has 10 aromatic rings. The maximum atomic E-state index is 6.30. The SMILES string of the molecule is c1ccc(-c2ccc(N(c3ccc4c(c3)C3(c5ccccc5-4)c4ccccc4-c4c3sc3ccccc43)c3ccc4oc5ccccc5c4c3)cc2)cc1. The van der Waals surface area contributed by atoms with Crippen molar-refractivity contribution in [2.75, 3.05) is 4.90 Å². The molecular weight excluding hydrogens is 675 g/mol. The third kappa shape index (κ3) is 3.99. The van der Waals surface area contributed by atoms with E-state index in [0.29, 0.717) is 0 Å². The standard InChI is InChI=1S/C51H31NOS/c1-2-12-32(13-3-1)33-22-24-34(25-23-33)52(35-27-29-47-42(30-35)39-15-6-10-20-46(39)53-47)36-26-28-38-37-14-4-8-18-43(37)51(45(38)31-36)44-19-9-5-16-40(44)49-41-17-7-11-21-48(41)54-50(49)51/h1-31H. The number of benzene rings is 8. The summed E-state index contributed by atoms with van der Waals surface area (Å²) in [4.78, 5) is 3.83. The predicted molar refractivity (Wildman–Crippen MR) is 226 cm³/mol. The number of furan rings is 1. The topological polar surface area (TPSA) is 16.4 Å². The monoisotopic (exact) mass is 705 g/mol. The van der Waals surface area contributed by atoms with Crippen LogP contribution in [0.25, 0.3) is 65.4 Å². The van der Waals surface area contributed by atoms with Crippen molar-refractivity contribution in [3.63, 3.8) is 0 Å². The quantitative estimate of drug-likeness (QED) is 0.181. The molecule has 2 heterocycles. The molecule has 12 rings (SSSR count). The lowest BCUT2D eigenvalue weighted by Gasteiger charge is -2.31. The van der Waals surface area contributed by atoms with Crippen LogP contribution in [-0.4, -0.2) is 0 Å². The van der Waals surface area contributed by atoms with Crippen molar-refractivity contribution >= 4 is 60.4 Å². The first kappa shape index (κ1) is 29.9. The number of hydrogen-bond donors (Lipinski definition) is 0. The maximum Gasteiger partial charge on any atom is 0.135 e. The van der Waals surface area contributed by atoms with Gasteiger partial charge in [0.25, 0.3) is 0 Å². The highest BCUT2D eigenvalue weighted by molar-refractivity contribution is 7.20. The Morgan fingerprint density at radius 1 is 0.407 bits per heavy atom. The van der Waals surface area contributed by atoms with Crippen molar-refractivity contribution in [1.82, 2.24) is 0 Å². The average molecular weight is 706 g/mol. The molecule has 0 saturated heterocycles. The fourth-order valence-corrected chi connectivity index (χ4v) is 10.9. The van der Waals surface area contributed by atoms with Crippen LogP contribution in [0, 0.1) is 0 Å². The Bertz CT molecular complexity index is 3120. The van der Waals surface area contributed by atoms with E-state index >= 15 is 0 Å². The molecule has 2 aliphatic carbocycles. The number of anilines is 3. The van der Waals surface area contributed by atoms with Crippen molar-refractivity contribution < 1.29 is 4.42 Å². The highest BCUT2D eigenvalue weighted by atomic mass is 32.1. The molecule has 0 aliphatic heterocycles. The van der Waals surface area contributed by atoms with Gasteiger partial charge in [-0.2, -0.15) is 0 Å². The summed E-state index contributed by atoms with van der Waals surface area (Å²) >= 11 is 1.95. The molecule has 1 atom stereocenters. The molecule has 0 N–H and O–H groups in total. The van der Waals surface area contributed by atoms with Gasteiger partial charge in [0.05, 0.1) is 5.41 Å². The second-order valence-electron chi connectivity index (χ2n) is 14.4. The number of thiophene rings is 1. The smallest absolute Gasteiger partial charge is 0.135 e. The third-order valence-corrected chi connectivity index (χ3v) is 13.0. The van der Waals surface area contributed by atoms with Gasteiger partial charge in [-0.1, -0.05) is 133 Å². The van der Waals surface area contributed by atoms with Gasteiger partial charge < -0.3 is 9.32 Å². The highest BCUT2D eigenvalue weighted by Gasteiger charge is 2.53. The van der Waals surface area contributed by atoms with Crippen molar-refractivity contribution in [3.05, 3.63) is 210 Å². The molecule has 3 heteroatoms. The Morgan fingerprint density at radius 2 is 1.00 bits per heavy atom. The minimum absolute atomic E-state index is 0.425. The van der Waals surface area contributed by atoms with E-state index in [0.717, 1.165) is 39.0 Å². The van der Waals surface area contributed by atoms with Crippen LogP contribution in [-0.2, 0) is 5.41 Å². The van der Waals surface area contributed by atoms with Gasteiger partial charge in [-0.25, -0.2) is 0 Å². The van der Waals surface area contributed by atoms with Gasteiger partial charge >= 0.3 is 0 Å². The molecule has 2 nitrogen and oxygen atoms in total. The number of para-hydroxylation sites is 1. The van der Waals surface area contributed by atoms with Crippen LogP contribution < -0.4 is 4.90 Å². The van der Waals surface area contributed by atoms with Crippen molar-refractivity contribution in [2.24, 2.45) is 0 Å². The minimum Gasteiger partial charge on any atom is -0.456 e. The Labute approximate surface area is 316 Å². The fourth-order valence-electron chi connectivity index (χ4n) is 9.40. The van der Waals surface area contributed by atoms with E-state index in [1.807, 2.05) is 23.5 Å². The lowest BCUT2D eigenvalue weighted by Crippen LogP contribution is -2.25. The van der Waals surface area contributed by atoms with Crippen molar-refractivity contribution in [3.8, 4) is 33.4 Å². The first-order valence-electron chi connectivity index (χ1n) is 18.5. The van der Waals surface area contributed by atoms with Gasteiger partial charge in [-0.15, -0.1) is 11.3 Å². The number of hydrogen-bond acceptors (Lipinski definition) is 3. The van der Waals surface area contributed by atoms with E-state index in [1.165, 1.54) is 65.0 Å². The zero-order chi connectivity index (χ0) is 35.4. The van der Waals surface area contributed by atoms with E-state index in [4.69, 9.17) is 4.42 Å². The molecular formula is C51H31NOS. The number of nitrogens with zero attached hydrogens (tertiary/aromatic N) is 1. The lowest BCUT2D eigenvalue weighted by atomic mass is 9.74. The molecule has 8 aromatic carbocycles. The maximum absolute atomic E-state index is 6.30. The first-order chi connectivity index (χ1) is 26.8. The predicted octanol–water partition coefficient (Wildman–Crippen LogP) is 14.3. The van der Waals surface area contributed by atoms with Crippen LogP contribution >= 0.6 is 11.3 Å². The third-order valence-electron chi connectivity index (χ3n) is 11.7. The Balaban J connectivity index is 1.12. The Kier molecular flexibility index (Phi) is 6.17. The van der Waals surface area contributed by atoms with E-state index in [2.05, 4.69) is 181 Å². The second-order valence-corrected chi connectivity index (χ2v) is 15.5. The zero-order valence-electron chi connectivity index (χ0n) is 29.2. The van der Waals surface area contributed by atoms with Gasteiger partial charge in [0, 0.05) is 48.4 Å². The first-order valence-corrected chi connectivity index (χ1v) is 19.3. The molecule has 0 bridgehead atoms. The molecule has 0 radical (unpaired) electrons. The summed E-state index contributed by atoms with van der Waals surface area (Å²) in [5.41, 5.74) is 16.5. The normalized spacial score (nSPS) is 15.1. The number of rotatable bonds is 4. The summed E-state index contributed by atoms with van der Waals surface area (Å²) < 4.78 is 7.63. The zero-order valence-corrected chi connectivity index (χ0v) is 30.0. The van der Waals surface area contributed by atoms with Gasteiger partial charge in [0.15, 0.2) is 0 Å². The second kappa shape index (κ2) is 11.2. The van der Waals surface area contributed by atoms with Crippen LogP contribution in [0.3, 0.4) is 0 Å². The van der Waals surface area contributed by atoms with Gasteiger partial charge in [-0.05, 0) is 99.1 Å². The molecule has 1 spiro atoms. The summed E-state index contributed by atoms with van der Waals surface area (Å²) in [5, 5.41) is 3.57. The van der Waals surface area contributed by atoms with Crippen LogP contribution in [0.4, 0.5) is 17.1 Å². The van der Waals surface area contributed by atoms with E-state index < -0.39 is 5.41 Å². The molecule has 252 valence electrons. The summed E-state index contributed by atoms with van der Waals surface area (Å²) in [6.07, 6.45) is 0. The van der Waals surface area contributed by atoms with E-state index in [1.54, 1.807) is 0 Å². The van der Waals surface area contributed by atoms with E-state index in [-0.39, 0.29) is 0 Å². The molecule has 2 aliphatic rings. The molecule has 0 amide bonds. The molecule has 2 aromatic heterocycles.